The van der Waals surface area contributed by atoms with E-state index in [0.29, 0.717) is 36.0 Å². The summed E-state index contributed by atoms with van der Waals surface area (Å²) >= 11 is 0. The van der Waals surface area contributed by atoms with E-state index in [2.05, 4.69) is 48.0 Å². The number of carbonyl (C=O) groups excluding carboxylic acids is 1. The zero-order valence-corrected chi connectivity index (χ0v) is 23.4. The molecule has 0 fully saturated rings. The molecule has 206 valence electrons. The molecule has 0 spiro atoms. The van der Waals surface area contributed by atoms with Crippen molar-refractivity contribution >= 4 is 16.9 Å². The Morgan fingerprint density at radius 1 is 0.897 bits per heavy atom. The molecule has 1 N–H and O–H groups in total. The van der Waals surface area contributed by atoms with Crippen molar-refractivity contribution in [3.63, 3.8) is 0 Å². The van der Waals surface area contributed by atoms with Crippen molar-refractivity contribution in [2.24, 2.45) is 0 Å². The molecule has 0 radical (unpaired) electrons. The topological polar surface area (TPSA) is 83.8 Å². The summed E-state index contributed by atoms with van der Waals surface area (Å²) in [6.07, 6.45) is 2.35. The minimum atomic E-state index is -0.203. The van der Waals surface area contributed by atoms with Crippen LogP contribution in [0, 0.1) is 13.8 Å². The van der Waals surface area contributed by atoms with Crippen LogP contribution < -0.4 is 24.3 Å². The molecule has 1 heterocycles. The fourth-order valence-corrected chi connectivity index (χ4v) is 4.76. The minimum absolute atomic E-state index is 0.203. The van der Waals surface area contributed by atoms with Crippen LogP contribution in [0.4, 0.5) is 0 Å². The maximum atomic E-state index is 12.8. The standard InChI is InChI=1S/C31H37N3O5/c1-21-16-22(2)18-24(17-21)39-15-9-14-34-26-11-7-6-10-25(26)33-29(34)12-8-13-32-31(35)23-19-27(36-3)30(38-5)28(20-23)37-4/h6-7,10-11,16-20H,8-9,12-15H2,1-5H3,(H,32,35). The van der Waals surface area contributed by atoms with Gasteiger partial charge in [-0.2, -0.15) is 0 Å². The number of para-hydroxylation sites is 2. The number of benzene rings is 3. The number of hydrogen-bond donors (Lipinski definition) is 1. The van der Waals surface area contributed by atoms with Crippen LogP contribution in [0.25, 0.3) is 11.0 Å². The zero-order chi connectivity index (χ0) is 27.8. The zero-order valence-electron chi connectivity index (χ0n) is 23.4. The Balaban J connectivity index is 1.35. The van der Waals surface area contributed by atoms with Gasteiger partial charge in [0.2, 0.25) is 5.75 Å². The van der Waals surface area contributed by atoms with Gasteiger partial charge in [-0.1, -0.05) is 18.2 Å². The van der Waals surface area contributed by atoms with E-state index in [4.69, 9.17) is 23.9 Å². The second kappa shape index (κ2) is 13.0. The molecule has 1 amide bonds. The number of ether oxygens (including phenoxy) is 4. The lowest BCUT2D eigenvalue weighted by molar-refractivity contribution is 0.0952. The fraction of sp³-hybridized carbons (Fsp3) is 0.355. The van der Waals surface area contributed by atoms with Crippen LogP contribution in [0.5, 0.6) is 23.0 Å². The highest BCUT2D eigenvalue weighted by Crippen LogP contribution is 2.38. The fourth-order valence-electron chi connectivity index (χ4n) is 4.76. The lowest BCUT2D eigenvalue weighted by Gasteiger charge is -2.14. The highest BCUT2D eigenvalue weighted by Gasteiger charge is 2.17. The van der Waals surface area contributed by atoms with E-state index in [1.165, 1.54) is 32.5 Å². The highest BCUT2D eigenvalue weighted by molar-refractivity contribution is 5.95. The summed E-state index contributed by atoms with van der Waals surface area (Å²) < 4.78 is 24.4. The van der Waals surface area contributed by atoms with Crippen LogP contribution in [0.2, 0.25) is 0 Å². The van der Waals surface area contributed by atoms with Gasteiger partial charge >= 0.3 is 0 Å². The molecule has 0 aliphatic carbocycles. The number of hydrogen-bond acceptors (Lipinski definition) is 6. The predicted molar refractivity (Wildman–Crippen MR) is 153 cm³/mol. The Kier molecular flexibility index (Phi) is 9.31. The third kappa shape index (κ3) is 6.82. The van der Waals surface area contributed by atoms with E-state index in [1.807, 2.05) is 18.2 Å². The second-order valence-corrected chi connectivity index (χ2v) is 9.47. The molecule has 0 bridgehead atoms. The van der Waals surface area contributed by atoms with E-state index in [9.17, 15) is 4.79 Å². The first kappa shape index (κ1) is 27.8. The van der Waals surface area contributed by atoms with Crippen molar-refractivity contribution in [2.75, 3.05) is 34.5 Å². The summed E-state index contributed by atoms with van der Waals surface area (Å²) in [5, 5.41) is 2.99. The first-order chi connectivity index (χ1) is 18.9. The minimum Gasteiger partial charge on any atom is -0.494 e. The SMILES string of the molecule is COc1cc(C(=O)NCCCc2nc3ccccc3n2CCCOc2cc(C)cc(C)c2)cc(OC)c1OC. The van der Waals surface area contributed by atoms with Crippen molar-refractivity contribution < 1.29 is 23.7 Å². The summed E-state index contributed by atoms with van der Waals surface area (Å²) in [7, 11) is 4.59. The lowest BCUT2D eigenvalue weighted by atomic mass is 10.1. The molecule has 3 aromatic carbocycles. The second-order valence-electron chi connectivity index (χ2n) is 9.47. The number of amides is 1. The lowest BCUT2D eigenvalue weighted by Crippen LogP contribution is -2.25. The molecule has 1 aromatic heterocycles. The number of rotatable bonds is 13. The molecule has 0 aliphatic rings. The van der Waals surface area contributed by atoms with E-state index in [-0.39, 0.29) is 5.91 Å². The molecular weight excluding hydrogens is 494 g/mol. The van der Waals surface area contributed by atoms with Gasteiger partial charge in [-0.15, -0.1) is 0 Å². The van der Waals surface area contributed by atoms with Gasteiger partial charge in [0.05, 0.1) is 39.0 Å². The first-order valence-electron chi connectivity index (χ1n) is 13.2. The maximum absolute atomic E-state index is 12.8. The van der Waals surface area contributed by atoms with Crippen LogP contribution in [-0.4, -0.2) is 49.9 Å². The Morgan fingerprint density at radius 2 is 1.59 bits per heavy atom. The normalized spacial score (nSPS) is 10.9. The number of fused-ring (bicyclic) bond motifs is 1. The van der Waals surface area contributed by atoms with Crippen LogP contribution in [0.1, 0.15) is 40.2 Å². The summed E-state index contributed by atoms with van der Waals surface area (Å²) in [6.45, 7) is 6.10. The van der Waals surface area contributed by atoms with Crippen LogP contribution in [0.3, 0.4) is 0 Å². The van der Waals surface area contributed by atoms with Gasteiger partial charge < -0.3 is 28.8 Å². The Bertz CT molecular complexity index is 1380. The number of aryl methyl sites for hydroxylation is 4. The average molecular weight is 532 g/mol. The summed E-state index contributed by atoms with van der Waals surface area (Å²) in [4.78, 5) is 17.7. The molecule has 0 saturated carbocycles. The van der Waals surface area contributed by atoms with Gasteiger partial charge in [0.15, 0.2) is 11.5 Å². The molecule has 0 aliphatic heterocycles. The van der Waals surface area contributed by atoms with Gasteiger partial charge in [0, 0.05) is 25.1 Å². The van der Waals surface area contributed by atoms with Crippen LogP contribution in [-0.2, 0) is 13.0 Å². The number of nitrogens with one attached hydrogen (secondary N) is 1. The van der Waals surface area contributed by atoms with E-state index < -0.39 is 0 Å². The molecule has 0 saturated heterocycles. The predicted octanol–water partition coefficient (Wildman–Crippen LogP) is 5.51. The number of imidazole rings is 1. The van der Waals surface area contributed by atoms with E-state index in [1.54, 1.807) is 12.1 Å². The van der Waals surface area contributed by atoms with E-state index in [0.717, 1.165) is 48.4 Å². The van der Waals surface area contributed by atoms with Crippen molar-refractivity contribution in [2.45, 2.75) is 39.7 Å². The Hall–Kier alpha value is -4.20. The van der Waals surface area contributed by atoms with Gasteiger partial charge in [-0.3, -0.25) is 4.79 Å². The molecule has 4 rings (SSSR count). The van der Waals surface area contributed by atoms with Gasteiger partial charge in [-0.25, -0.2) is 4.98 Å². The summed E-state index contributed by atoms with van der Waals surface area (Å²) in [5.41, 5.74) is 4.93. The molecular formula is C31H37N3O5. The maximum Gasteiger partial charge on any atom is 0.251 e. The highest BCUT2D eigenvalue weighted by atomic mass is 16.5. The van der Waals surface area contributed by atoms with Gasteiger partial charge in [-0.05, 0) is 74.2 Å². The summed E-state index contributed by atoms with van der Waals surface area (Å²) in [5.74, 6) is 3.05. The monoisotopic (exact) mass is 531 g/mol. The number of aromatic nitrogens is 2. The molecule has 0 unspecified atom stereocenters. The van der Waals surface area contributed by atoms with Crippen molar-refractivity contribution in [3.8, 4) is 23.0 Å². The number of nitrogens with zero attached hydrogens (tertiary/aromatic N) is 2. The quantitative estimate of drug-likeness (QED) is 0.229. The van der Waals surface area contributed by atoms with Gasteiger partial charge in [0.1, 0.15) is 11.6 Å². The third-order valence-corrected chi connectivity index (χ3v) is 6.51. The van der Waals surface area contributed by atoms with Crippen LogP contribution in [0.15, 0.2) is 54.6 Å². The summed E-state index contributed by atoms with van der Waals surface area (Å²) in [6, 6.07) is 17.7. The molecule has 4 aromatic rings. The van der Waals surface area contributed by atoms with Crippen molar-refractivity contribution in [3.05, 3.63) is 77.1 Å². The number of methoxy groups -OCH3 is 3. The average Bonchev–Trinajstić information content (AvgIpc) is 3.29. The molecule has 39 heavy (non-hydrogen) atoms. The molecule has 8 nitrogen and oxygen atoms in total. The van der Waals surface area contributed by atoms with Crippen molar-refractivity contribution in [1.82, 2.24) is 14.9 Å². The third-order valence-electron chi connectivity index (χ3n) is 6.51. The molecule has 8 heteroatoms. The Labute approximate surface area is 229 Å². The number of carbonyl (C=O) groups is 1. The van der Waals surface area contributed by atoms with Crippen molar-refractivity contribution in [1.29, 1.82) is 0 Å². The van der Waals surface area contributed by atoms with Gasteiger partial charge in [0.25, 0.3) is 5.91 Å². The first-order valence-corrected chi connectivity index (χ1v) is 13.2. The van der Waals surface area contributed by atoms with E-state index >= 15 is 0 Å². The Morgan fingerprint density at radius 3 is 2.26 bits per heavy atom. The molecule has 0 atom stereocenters. The van der Waals surface area contributed by atoms with Crippen LogP contribution >= 0.6 is 0 Å². The largest absolute Gasteiger partial charge is 0.494 e. The smallest absolute Gasteiger partial charge is 0.251 e.